The second-order valence-electron chi connectivity index (χ2n) is 9.10. The average Bonchev–Trinajstić information content (AvgIpc) is 3.50. The van der Waals surface area contributed by atoms with Crippen LogP contribution in [-0.4, -0.2) is 65.2 Å². The number of ether oxygens (including phenoxy) is 2. The van der Waals surface area contributed by atoms with Crippen molar-refractivity contribution in [2.45, 2.75) is 12.8 Å². The summed E-state index contributed by atoms with van der Waals surface area (Å²) in [5.41, 5.74) is 11.3. The third-order valence-corrected chi connectivity index (χ3v) is 5.97. The van der Waals surface area contributed by atoms with Crippen LogP contribution >= 0.6 is 0 Å². The number of hydrogen-bond acceptors (Lipinski definition) is 6. The van der Waals surface area contributed by atoms with Gasteiger partial charge in [0, 0.05) is 29.8 Å². The van der Waals surface area contributed by atoms with E-state index in [9.17, 15) is 0 Å². The molecule has 0 saturated heterocycles. The Hall–Kier alpha value is -3.88. The van der Waals surface area contributed by atoms with Gasteiger partial charge in [-0.25, -0.2) is 9.97 Å². The van der Waals surface area contributed by atoms with Gasteiger partial charge in [0.2, 0.25) is 0 Å². The van der Waals surface area contributed by atoms with Gasteiger partial charge >= 0.3 is 0 Å². The molecule has 2 heterocycles. The van der Waals surface area contributed by atoms with Crippen LogP contribution in [0.2, 0.25) is 0 Å². The molecule has 8 heteroatoms. The van der Waals surface area contributed by atoms with Crippen molar-refractivity contribution in [3.63, 3.8) is 0 Å². The fraction of sp³-hybridized carbons (Fsp3) is 0.286. The first-order chi connectivity index (χ1) is 17.6. The molecule has 36 heavy (non-hydrogen) atoms. The summed E-state index contributed by atoms with van der Waals surface area (Å²) < 4.78 is 11.7. The Morgan fingerprint density at radius 3 is 1.69 bits per heavy atom. The lowest BCUT2D eigenvalue weighted by Gasteiger charge is -2.10. The van der Waals surface area contributed by atoms with Crippen LogP contribution < -0.4 is 15.2 Å². The molecule has 0 spiro atoms. The normalized spacial score (nSPS) is 11.6. The van der Waals surface area contributed by atoms with Gasteiger partial charge in [-0.1, -0.05) is 24.3 Å². The van der Waals surface area contributed by atoms with Crippen molar-refractivity contribution in [3.05, 3.63) is 60.7 Å². The van der Waals surface area contributed by atoms with E-state index in [4.69, 9.17) is 25.2 Å². The minimum Gasteiger partial charge on any atom is -0.493 e. The second kappa shape index (κ2) is 10.8. The Kier molecular flexibility index (Phi) is 7.16. The minimum absolute atomic E-state index is 0.608. The van der Waals surface area contributed by atoms with Crippen molar-refractivity contribution in [3.8, 4) is 34.3 Å². The lowest BCUT2D eigenvalue weighted by Crippen LogP contribution is -2.15. The van der Waals surface area contributed by atoms with Crippen LogP contribution in [0.25, 0.3) is 44.8 Å². The van der Waals surface area contributed by atoms with E-state index in [1.165, 1.54) is 0 Å². The summed E-state index contributed by atoms with van der Waals surface area (Å²) in [5, 5.41) is 0. The number of hydrogen-bond donors (Lipinski definition) is 3. The minimum atomic E-state index is 0.608. The van der Waals surface area contributed by atoms with Gasteiger partial charge in [0.1, 0.15) is 23.1 Å². The Morgan fingerprint density at radius 1 is 0.722 bits per heavy atom. The molecule has 0 radical (unpaired) electrons. The lowest BCUT2D eigenvalue weighted by molar-refractivity contribution is 0.282. The maximum Gasteiger partial charge on any atom is 0.138 e. The van der Waals surface area contributed by atoms with Gasteiger partial charge < -0.3 is 30.1 Å². The molecule has 5 rings (SSSR count). The van der Waals surface area contributed by atoms with E-state index in [2.05, 4.69) is 53.2 Å². The SMILES string of the molecule is CN(C)CCCOc1ccc2nc(-c3ccc(-c4nc5ccc(OCCCN)cc5[nH]4)cc3)[nH]c2c1. The maximum absolute atomic E-state index is 5.90. The highest BCUT2D eigenvalue weighted by Gasteiger charge is 2.10. The fourth-order valence-electron chi connectivity index (χ4n) is 4.06. The topological polar surface area (TPSA) is 105 Å². The standard InChI is InChI=1S/C28H32N6O2/c1-34(2)14-4-16-36-22-10-12-24-26(18-22)33-28(31-24)20-7-5-19(6-8-20)27-30-23-11-9-21(17-25(23)32-27)35-15-3-13-29/h5-12,17-18H,3-4,13-16,29H2,1-2H3,(H,30,32)(H,31,33). The van der Waals surface area contributed by atoms with Crippen LogP contribution in [0.1, 0.15) is 12.8 Å². The van der Waals surface area contributed by atoms with E-state index >= 15 is 0 Å². The molecule has 5 aromatic rings. The average molecular weight is 485 g/mol. The molecule has 0 saturated carbocycles. The van der Waals surface area contributed by atoms with Gasteiger partial charge in [0.25, 0.3) is 0 Å². The molecule has 4 N–H and O–H groups in total. The van der Waals surface area contributed by atoms with Gasteiger partial charge in [-0.2, -0.15) is 0 Å². The van der Waals surface area contributed by atoms with Crippen molar-refractivity contribution in [1.29, 1.82) is 0 Å². The lowest BCUT2D eigenvalue weighted by atomic mass is 10.1. The summed E-state index contributed by atoms with van der Waals surface area (Å²) in [5.74, 6) is 3.31. The molecular weight excluding hydrogens is 452 g/mol. The number of benzene rings is 3. The van der Waals surface area contributed by atoms with Gasteiger partial charge in [0.15, 0.2) is 0 Å². The van der Waals surface area contributed by atoms with Crippen LogP contribution in [0.5, 0.6) is 11.5 Å². The van der Waals surface area contributed by atoms with Gasteiger partial charge in [0.05, 0.1) is 35.3 Å². The number of fused-ring (bicyclic) bond motifs is 2. The summed E-state index contributed by atoms with van der Waals surface area (Å²) in [4.78, 5) is 18.5. The summed E-state index contributed by atoms with van der Waals surface area (Å²) in [6.07, 6.45) is 1.82. The first-order valence-corrected chi connectivity index (χ1v) is 12.3. The van der Waals surface area contributed by atoms with E-state index in [0.29, 0.717) is 19.8 Å². The Morgan fingerprint density at radius 2 is 1.22 bits per heavy atom. The molecule has 0 aliphatic carbocycles. The zero-order valence-corrected chi connectivity index (χ0v) is 20.8. The Labute approximate surface area is 210 Å². The number of H-pyrrole nitrogens is 2. The van der Waals surface area contributed by atoms with Crippen LogP contribution in [-0.2, 0) is 0 Å². The first kappa shape index (κ1) is 23.8. The number of nitrogens with two attached hydrogens (primary N) is 1. The molecule has 0 bridgehead atoms. The Bertz CT molecular complexity index is 1440. The molecule has 186 valence electrons. The first-order valence-electron chi connectivity index (χ1n) is 12.3. The summed E-state index contributed by atoms with van der Waals surface area (Å²) in [6.45, 7) is 2.92. The molecule has 8 nitrogen and oxygen atoms in total. The second-order valence-corrected chi connectivity index (χ2v) is 9.10. The summed E-state index contributed by atoms with van der Waals surface area (Å²) >= 11 is 0. The molecule has 0 amide bonds. The van der Waals surface area contributed by atoms with Crippen molar-refractivity contribution in [1.82, 2.24) is 24.8 Å². The number of aromatic amines is 2. The molecule has 0 aliphatic rings. The third kappa shape index (κ3) is 5.50. The van der Waals surface area contributed by atoms with Gasteiger partial charge in [-0.15, -0.1) is 0 Å². The summed E-state index contributed by atoms with van der Waals surface area (Å²) in [6, 6.07) is 20.1. The van der Waals surface area contributed by atoms with E-state index in [1.54, 1.807) is 0 Å². The predicted molar refractivity (Wildman–Crippen MR) is 144 cm³/mol. The molecule has 2 aromatic heterocycles. The zero-order valence-electron chi connectivity index (χ0n) is 20.8. The predicted octanol–water partition coefficient (Wildman–Crippen LogP) is 4.83. The van der Waals surface area contributed by atoms with Crippen molar-refractivity contribution >= 4 is 22.1 Å². The van der Waals surface area contributed by atoms with Gasteiger partial charge in [-0.05, 0) is 57.7 Å². The smallest absolute Gasteiger partial charge is 0.138 e. The molecule has 0 atom stereocenters. The number of imidazole rings is 2. The van der Waals surface area contributed by atoms with Crippen molar-refractivity contribution in [2.75, 3.05) is 40.4 Å². The maximum atomic E-state index is 5.90. The fourth-order valence-corrected chi connectivity index (χ4v) is 4.06. The molecule has 0 aliphatic heterocycles. The van der Waals surface area contributed by atoms with Crippen molar-refractivity contribution < 1.29 is 9.47 Å². The Balaban J connectivity index is 1.29. The highest BCUT2D eigenvalue weighted by Crippen LogP contribution is 2.28. The molecular formula is C28H32N6O2. The van der Waals surface area contributed by atoms with Crippen LogP contribution in [0.3, 0.4) is 0 Å². The zero-order chi connectivity index (χ0) is 24.9. The van der Waals surface area contributed by atoms with E-state index in [1.807, 2.05) is 36.4 Å². The highest BCUT2D eigenvalue weighted by molar-refractivity contribution is 5.82. The number of nitrogens with zero attached hydrogens (tertiary/aromatic N) is 3. The van der Waals surface area contributed by atoms with E-state index < -0.39 is 0 Å². The monoisotopic (exact) mass is 484 g/mol. The highest BCUT2D eigenvalue weighted by atomic mass is 16.5. The number of nitrogens with one attached hydrogen (secondary N) is 2. The van der Waals surface area contributed by atoms with Crippen LogP contribution in [0.15, 0.2) is 60.7 Å². The molecule has 0 unspecified atom stereocenters. The largest absolute Gasteiger partial charge is 0.493 e. The number of aromatic nitrogens is 4. The third-order valence-electron chi connectivity index (χ3n) is 5.97. The molecule has 0 fully saturated rings. The van der Waals surface area contributed by atoms with Crippen molar-refractivity contribution in [2.24, 2.45) is 5.73 Å². The molecule has 3 aromatic carbocycles. The number of rotatable bonds is 11. The van der Waals surface area contributed by atoms with E-state index in [0.717, 1.165) is 75.7 Å². The van der Waals surface area contributed by atoms with Crippen LogP contribution in [0.4, 0.5) is 0 Å². The van der Waals surface area contributed by atoms with Gasteiger partial charge in [-0.3, -0.25) is 0 Å². The summed E-state index contributed by atoms with van der Waals surface area (Å²) in [7, 11) is 4.14. The van der Waals surface area contributed by atoms with E-state index in [-0.39, 0.29) is 0 Å². The quantitative estimate of drug-likeness (QED) is 0.232. The van der Waals surface area contributed by atoms with Crippen LogP contribution in [0, 0.1) is 0 Å².